The van der Waals surface area contributed by atoms with E-state index in [-0.39, 0.29) is 5.75 Å². The highest BCUT2D eigenvalue weighted by atomic mass is 32.2. The Kier molecular flexibility index (Phi) is 4.49. The van der Waals surface area contributed by atoms with Crippen LogP contribution in [-0.2, 0) is 17.6 Å². The summed E-state index contributed by atoms with van der Waals surface area (Å²) in [5, 5.41) is 18.2. The summed E-state index contributed by atoms with van der Waals surface area (Å²) < 4.78 is 28.7. The van der Waals surface area contributed by atoms with Crippen LogP contribution >= 0.6 is 23.1 Å². The molecular formula is C17H13F2N3O2S2. The Morgan fingerprint density at radius 3 is 2.85 bits per heavy atom. The summed E-state index contributed by atoms with van der Waals surface area (Å²) in [5.74, 6) is -2.77. The second-order valence-electron chi connectivity index (χ2n) is 5.84. The van der Waals surface area contributed by atoms with E-state index in [1.165, 1.54) is 17.4 Å². The van der Waals surface area contributed by atoms with Crippen molar-refractivity contribution >= 4 is 29.1 Å². The van der Waals surface area contributed by atoms with Gasteiger partial charge in [0.05, 0.1) is 5.75 Å². The number of carboxylic acids is 1. The lowest BCUT2D eigenvalue weighted by molar-refractivity contribution is -0.133. The highest BCUT2D eigenvalue weighted by Gasteiger charge is 2.26. The van der Waals surface area contributed by atoms with E-state index in [0.29, 0.717) is 10.7 Å². The standard InChI is InChI=1S/C17H13F2N3O2S2/c18-12-5-4-9(6-13(12)19)15-10-2-1-3-11(10)16(26-15)22-8-20-21-17(22)25-7-14(23)24/h4-6,8H,1-3,7H2,(H,23,24). The number of hydrogen-bond donors (Lipinski definition) is 1. The van der Waals surface area contributed by atoms with Gasteiger partial charge in [0.1, 0.15) is 11.3 Å². The van der Waals surface area contributed by atoms with E-state index in [4.69, 9.17) is 5.11 Å². The fourth-order valence-corrected chi connectivity index (χ4v) is 5.16. The lowest BCUT2D eigenvalue weighted by Crippen LogP contribution is -2.01. The van der Waals surface area contributed by atoms with Gasteiger partial charge >= 0.3 is 5.97 Å². The zero-order valence-electron chi connectivity index (χ0n) is 13.4. The largest absolute Gasteiger partial charge is 0.481 e. The first-order valence-electron chi connectivity index (χ1n) is 7.89. The molecule has 1 aliphatic carbocycles. The van der Waals surface area contributed by atoms with Gasteiger partial charge in [0.2, 0.25) is 0 Å². The Bertz CT molecular complexity index is 1000. The quantitative estimate of drug-likeness (QED) is 0.665. The highest BCUT2D eigenvalue weighted by molar-refractivity contribution is 7.99. The molecule has 0 atom stereocenters. The number of aliphatic carboxylic acids is 1. The molecule has 0 saturated carbocycles. The van der Waals surface area contributed by atoms with E-state index >= 15 is 0 Å². The molecule has 0 unspecified atom stereocenters. The van der Waals surface area contributed by atoms with E-state index in [2.05, 4.69) is 10.2 Å². The maximum Gasteiger partial charge on any atom is 0.313 e. The first kappa shape index (κ1) is 17.2. The highest BCUT2D eigenvalue weighted by Crippen LogP contribution is 2.44. The topological polar surface area (TPSA) is 68.0 Å². The molecule has 0 aliphatic heterocycles. The van der Waals surface area contributed by atoms with Crippen molar-refractivity contribution < 1.29 is 18.7 Å². The van der Waals surface area contributed by atoms with Crippen molar-refractivity contribution in [2.75, 3.05) is 5.75 Å². The fraction of sp³-hybridized carbons (Fsp3) is 0.235. The molecule has 0 radical (unpaired) electrons. The molecule has 0 amide bonds. The van der Waals surface area contributed by atoms with E-state index in [9.17, 15) is 13.6 Å². The van der Waals surface area contributed by atoms with Crippen LogP contribution in [-0.4, -0.2) is 31.6 Å². The maximum absolute atomic E-state index is 13.7. The third-order valence-corrected chi connectivity index (χ3v) is 6.44. The molecule has 0 bridgehead atoms. The minimum absolute atomic E-state index is 0.109. The summed E-state index contributed by atoms with van der Waals surface area (Å²) >= 11 is 2.57. The molecule has 2 heterocycles. The maximum atomic E-state index is 13.7. The smallest absolute Gasteiger partial charge is 0.313 e. The number of rotatable bonds is 5. The Morgan fingerprint density at radius 1 is 1.27 bits per heavy atom. The van der Waals surface area contributed by atoms with E-state index < -0.39 is 17.6 Å². The van der Waals surface area contributed by atoms with Crippen LogP contribution in [0.15, 0.2) is 29.7 Å². The van der Waals surface area contributed by atoms with Gasteiger partial charge in [-0.25, -0.2) is 8.78 Å². The lowest BCUT2D eigenvalue weighted by Gasteiger charge is -2.05. The minimum Gasteiger partial charge on any atom is -0.481 e. The Labute approximate surface area is 155 Å². The van der Waals surface area contributed by atoms with Crippen LogP contribution in [0.3, 0.4) is 0 Å². The van der Waals surface area contributed by atoms with Crippen LogP contribution in [0, 0.1) is 11.6 Å². The predicted molar refractivity (Wildman–Crippen MR) is 95.0 cm³/mol. The molecule has 1 aromatic carbocycles. The van der Waals surface area contributed by atoms with Crippen molar-refractivity contribution in [3.63, 3.8) is 0 Å². The number of fused-ring (bicyclic) bond motifs is 1. The van der Waals surface area contributed by atoms with Crippen LogP contribution in [0.4, 0.5) is 8.78 Å². The number of carbonyl (C=O) groups is 1. The van der Waals surface area contributed by atoms with Gasteiger partial charge in [-0.1, -0.05) is 17.8 Å². The predicted octanol–water partition coefficient (Wildman–Crippen LogP) is 3.94. The van der Waals surface area contributed by atoms with E-state index in [1.54, 1.807) is 17.0 Å². The van der Waals surface area contributed by atoms with Gasteiger partial charge < -0.3 is 5.11 Å². The molecule has 134 valence electrons. The van der Waals surface area contributed by atoms with Crippen LogP contribution in [0.25, 0.3) is 15.4 Å². The number of hydrogen-bond acceptors (Lipinski definition) is 5. The second kappa shape index (κ2) is 6.81. The third-order valence-electron chi connectivity index (χ3n) is 4.19. The number of thioether (sulfide) groups is 1. The van der Waals surface area contributed by atoms with Crippen LogP contribution in [0.1, 0.15) is 17.5 Å². The average Bonchev–Trinajstić information content (AvgIpc) is 3.31. The van der Waals surface area contributed by atoms with Gasteiger partial charge in [-0.3, -0.25) is 9.36 Å². The minimum atomic E-state index is -0.927. The zero-order valence-corrected chi connectivity index (χ0v) is 15.0. The number of nitrogens with zero attached hydrogens (tertiary/aromatic N) is 3. The Balaban J connectivity index is 1.79. The number of thiophene rings is 1. The van der Waals surface area contributed by atoms with Crippen molar-refractivity contribution in [2.24, 2.45) is 0 Å². The van der Waals surface area contributed by atoms with E-state index in [0.717, 1.165) is 58.1 Å². The Morgan fingerprint density at radius 2 is 2.08 bits per heavy atom. The van der Waals surface area contributed by atoms with Crippen molar-refractivity contribution in [1.82, 2.24) is 14.8 Å². The molecule has 9 heteroatoms. The monoisotopic (exact) mass is 393 g/mol. The molecule has 0 spiro atoms. The van der Waals surface area contributed by atoms with Crippen molar-refractivity contribution in [3.05, 3.63) is 47.3 Å². The van der Waals surface area contributed by atoms with Crippen molar-refractivity contribution in [2.45, 2.75) is 24.4 Å². The SMILES string of the molecule is O=C(O)CSc1nncn1-c1sc(-c2ccc(F)c(F)c2)c2c1CCC2. The van der Waals surface area contributed by atoms with Crippen molar-refractivity contribution in [3.8, 4) is 15.4 Å². The number of aromatic nitrogens is 3. The van der Waals surface area contributed by atoms with Gasteiger partial charge in [-0.05, 0) is 48.1 Å². The first-order valence-corrected chi connectivity index (χ1v) is 9.69. The summed E-state index contributed by atoms with van der Waals surface area (Å²) in [5.41, 5.74) is 2.93. The Hall–Kier alpha value is -2.26. The fourth-order valence-electron chi connectivity index (χ4n) is 3.10. The van der Waals surface area contributed by atoms with Crippen LogP contribution in [0.2, 0.25) is 0 Å². The lowest BCUT2D eigenvalue weighted by atomic mass is 10.1. The second-order valence-corrected chi connectivity index (χ2v) is 7.78. The van der Waals surface area contributed by atoms with Gasteiger partial charge in [0, 0.05) is 4.88 Å². The molecular weight excluding hydrogens is 380 g/mol. The summed E-state index contributed by atoms with van der Waals surface area (Å²) in [7, 11) is 0. The zero-order chi connectivity index (χ0) is 18.3. The average molecular weight is 393 g/mol. The van der Waals surface area contributed by atoms with Gasteiger partial charge in [0.25, 0.3) is 0 Å². The van der Waals surface area contributed by atoms with Crippen LogP contribution in [0.5, 0.6) is 0 Å². The third kappa shape index (κ3) is 3.01. The molecule has 4 rings (SSSR count). The number of carboxylic acid groups (broad SMARTS) is 1. The van der Waals surface area contributed by atoms with Gasteiger partial charge in [-0.15, -0.1) is 21.5 Å². The molecule has 0 fully saturated rings. The molecule has 3 aromatic rings. The number of benzene rings is 1. The molecule has 26 heavy (non-hydrogen) atoms. The summed E-state index contributed by atoms with van der Waals surface area (Å²) in [6, 6.07) is 3.94. The van der Waals surface area contributed by atoms with Gasteiger partial charge in [0.15, 0.2) is 16.8 Å². The van der Waals surface area contributed by atoms with E-state index in [1.807, 2.05) is 0 Å². The molecule has 1 aliphatic rings. The van der Waals surface area contributed by atoms with Crippen LogP contribution < -0.4 is 0 Å². The molecule has 2 aromatic heterocycles. The molecule has 5 nitrogen and oxygen atoms in total. The molecule has 1 N–H and O–H groups in total. The van der Waals surface area contributed by atoms with Gasteiger partial charge in [-0.2, -0.15) is 0 Å². The first-order chi connectivity index (χ1) is 12.5. The summed E-state index contributed by atoms with van der Waals surface area (Å²) in [6.07, 6.45) is 4.30. The number of halogens is 2. The van der Waals surface area contributed by atoms with Crippen molar-refractivity contribution in [1.29, 1.82) is 0 Å². The summed E-state index contributed by atoms with van der Waals surface area (Å²) in [6.45, 7) is 0. The normalized spacial score (nSPS) is 13.2. The summed E-state index contributed by atoms with van der Waals surface area (Å²) in [4.78, 5) is 11.7. The molecule has 0 saturated heterocycles.